The summed E-state index contributed by atoms with van der Waals surface area (Å²) in [4.78, 5) is 4.59. The van der Waals surface area contributed by atoms with Crippen LogP contribution in [0.4, 0.5) is 0 Å². The molecule has 0 heterocycles. The van der Waals surface area contributed by atoms with E-state index in [-0.39, 0.29) is 0 Å². The second-order valence-corrected chi connectivity index (χ2v) is 16.5. The van der Waals surface area contributed by atoms with Gasteiger partial charge in [0, 0.05) is 18.5 Å². The minimum atomic E-state index is 0.325. The van der Waals surface area contributed by atoms with Crippen LogP contribution in [0.2, 0.25) is 0 Å². The fraction of sp³-hybridized carbons (Fsp3) is 1.00. The molecule has 0 fully saturated rings. The van der Waals surface area contributed by atoms with Gasteiger partial charge in [0.25, 0.3) is 0 Å². The second kappa shape index (κ2) is 14.7. The molecule has 0 aromatic carbocycles. The maximum Gasteiger partial charge on any atom is 0.0909 e. The highest BCUT2D eigenvalue weighted by Crippen LogP contribution is 2.22. The van der Waals surface area contributed by atoms with E-state index in [1.807, 2.05) is 4.90 Å². The van der Waals surface area contributed by atoms with Crippen molar-refractivity contribution >= 4 is 0 Å². The molecule has 0 amide bonds. The SMILES string of the molecule is CC(C)(C)CCCCN(CC[NH+](CCCCC[N+](C)(C)C(C)(C)C)CC(C)(C)C)CC[N+](C)(C)C. The van der Waals surface area contributed by atoms with Gasteiger partial charge in [0.15, 0.2) is 0 Å². The molecule has 0 aromatic heterocycles. The summed E-state index contributed by atoms with van der Waals surface area (Å²) in [6.45, 7) is 31.6. The number of nitrogens with one attached hydrogen (secondary N) is 1. The van der Waals surface area contributed by atoms with Crippen LogP contribution in [0.1, 0.15) is 101 Å². The zero-order valence-corrected chi connectivity index (χ0v) is 27.2. The molecule has 0 rings (SSSR count). The van der Waals surface area contributed by atoms with E-state index in [1.54, 1.807) is 0 Å². The third kappa shape index (κ3) is 19.6. The molecule has 0 bridgehead atoms. The Kier molecular flexibility index (Phi) is 14.6. The number of hydrogen-bond donors (Lipinski definition) is 1. The van der Waals surface area contributed by atoms with E-state index >= 15 is 0 Å². The van der Waals surface area contributed by atoms with Gasteiger partial charge in [-0.2, -0.15) is 0 Å². The molecule has 1 atom stereocenters. The van der Waals surface area contributed by atoms with E-state index < -0.39 is 0 Å². The first-order valence-corrected chi connectivity index (χ1v) is 14.8. The normalized spacial score (nSPS) is 15.2. The predicted molar refractivity (Wildman–Crippen MR) is 158 cm³/mol. The van der Waals surface area contributed by atoms with E-state index in [2.05, 4.69) is 102 Å². The van der Waals surface area contributed by atoms with Gasteiger partial charge in [-0.1, -0.05) is 48.0 Å². The van der Waals surface area contributed by atoms with Crippen LogP contribution in [0.15, 0.2) is 0 Å². The number of rotatable bonds is 17. The number of hydrogen-bond acceptors (Lipinski definition) is 1. The Bertz CT molecular complexity index is 540. The van der Waals surface area contributed by atoms with Crippen LogP contribution in [-0.2, 0) is 0 Å². The van der Waals surface area contributed by atoms with Gasteiger partial charge in [0.05, 0.1) is 73.5 Å². The first kappa shape index (κ1) is 34.8. The Morgan fingerprint density at radius 1 is 0.571 bits per heavy atom. The summed E-state index contributed by atoms with van der Waals surface area (Å²) >= 11 is 0. The first-order chi connectivity index (χ1) is 15.6. The summed E-state index contributed by atoms with van der Waals surface area (Å²) in [5.41, 5.74) is 1.17. The van der Waals surface area contributed by atoms with Crippen LogP contribution in [0.3, 0.4) is 0 Å². The molecular weight excluding hydrogens is 428 g/mol. The van der Waals surface area contributed by atoms with E-state index in [0.717, 1.165) is 8.97 Å². The molecular formula is C31H71N4+3. The van der Waals surface area contributed by atoms with Crippen molar-refractivity contribution in [2.75, 3.05) is 87.6 Å². The van der Waals surface area contributed by atoms with Crippen LogP contribution < -0.4 is 4.90 Å². The zero-order chi connectivity index (χ0) is 27.6. The van der Waals surface area contributed by atoms with Crippen molar-refractivity contribution in [2.45, 2.75) is 106 Å². The van der Waals surface area contributed by atoms with Gasteiger partial charge in [-0.3, -0.25) is 4.90 Å². The lowest BCUT2D eigenvalue weighted by atomic mass is 9.90. The predicted octanol–water partition coefficient (Wildman–Crippen LogP) is 5.19. The fourth-order valence-electron chi connectivity index (χ4n) is 4.53. The Balaban J connectivity index is 4.82. The van der Waals surface area contributed by atoms with Crippen LogP contribution >= 0.6 is 0 Å². The monoisotopic (exact) mass is 500 g/mol. The van der Waals surface area contributed by atoms with E-state index in [1.165, 1.54) is 90.9 Å². The summed E-state index contributed by atoms with van der Waals surface area (Å²) in [7, 11) is 11.8. The molecule has 1 N–H and O–H groups in total. The Hall–Kier alpha value is -0.160. The largest absolute Gasteiger partial charge is 0.333 e. The van der Waals surface area contributed by atoms with Gasteiger partial charge >= 0.3 is 0 Å². The fourth-order valence-corrected chi connectivity index (χ4v) is 4.53. The standard InChI is InChI=1S/C31H70N4/c1-29(2,3)20-16-18-21-32(25-27-34(10,11)12)23-24-33(28-30(4,5)6)22-17-15-19-26-35(13,14)31(7,8)9/h15-28H2,1-14H3/q+2/p+1. The van der Waals surface area contributed by atoms with Crippen LogP contribution in [0.5, 0.6) is 0 Å². The van der Waals surface area contributed by atoms with Crippen molar-refractivity contribution < 1.29 is 13.9 Å². The van der Waals surface area contributed by atoms with E-state index in [4.69, 9.17) is 0 Å². The quantitative estimate of drug-likeness (QED) is 0.214. The summed E-state index contributed by atoms with van der Waals surface area (Å²) in [5, 5.41) is 0. The van der Waals surface area contributed by atoms with Gasteiger partial charge < -0.3 is 13.9 Å². The summed E-state index contributed by atoms with van der Waals surface area (Å²) in [6, 6.07) is 0. The first-order valence-electron chi connectivity index (χ1n) is 14.8. The molecule has 4 nitrogen and oxygen atoms in total. The summed E-state index contributed by atoms with van der Waals surface area (Å²) in [5.74, 6) is 0. The van der Waals surface area contributed by atoms with Gasteiger partial charge in [0.2, 0.25) is 0 Å². The zero-order valence-electron chi connectivity index (χ0n) is 27.2. The molecule has 1 unspecified atom stereocenters. The molecule has 0 spiro atoms. The number of quaternary nitrogens is 3. The molecule has 212 valence electrons. The lowest BCUT2D eigenvalue weighted by Crippen LogP contribution is -3.13. The minimum Gasteiger partial charge on any atom is -0.333 e. The molecule has 0 saturated carbocycles. The second-order valence-electron chi connectivity index (χ2n) is 16.5. The summed E-state index contributed by atoms with van der Waals surface area (Å²) < 4.78 is 2.17. The summed E-state index contributed by atoms with van der Waals surface area (Å²) in [6.07, 6.45) is 8.10. The van der Waals surface area contributed by atoms with Crippen LogP contribution in [-0.4, -0.2) is 107 Å². The lowest BCUT2D eigenvalue weighted by Gasteiger charge is -2.42. The van der Waals surface area contributed by atoms with Crippen molar-refractivity contribution in [1.82, 2.24) is 4.90 Å². The van der Waals surface area contributed by atoms with E-state index in [0.29, 0.717) is 16.4 Å². The molecule has 0 aliphatic heterocycles. The molecule has 35 heavy (non-hydrogen) atoms. The Morgan fingerprint density at radius 2 is 1.17 bits per heavy atom. The molecule has 0 saturated heterocycles. The maximum atomic E-state index is 2.78. The van der Waals surface area contributed by atoms with E-state index in [9.17, 15) is 0 Å². The van der Waals surface area contributed by atoms with Crippen molar-refractivity contribution in [3.8, 4) is 0 Å². The van der Waals surface area contributed by atoms with Crippen LogP contribution in [0, 0.1) is 10.8 Å². The minimum absolute atomic E-state index is 0.325. The topological polar surface area (TPSA) is 7.68 Å². The van der Waals surface area contributed by atoms with Gasteiger partial charge in [-0.15, -0.1) is 0 Å². The molecule has 0 aliphatic rings. The number of nitrogens with zero attached hydrogens (tertiary/aromatic N) is 3. The van der Waals surface area contributed by atoms with Crippen molar-refractivity contribution in [1.29, 1.82) is 0 Å². The molecule has 4 heteroatoms. The smallest absolute Gasteiger partial charge is 0.0909 e. The third-order valence-electron chi connectivity index (χ3n) is 7.86. The highest BCUT2D eigenvalue weighted by molar-refractivity contribution is 4.65. The third-order valence-corrected chi connectivity index (χ3v) is 7.86. The average Bonchev–Trinajstić information content (AvgIpc) is 2.62. The Labute approximate surface area is 223 Å². The van der Waals surface area contributed by atoms with Crippen LogP contribution in [0.25, 0.3) is 0 Å². The van der Waals surface area contributed by atoms with Gasteiger partial charge in [-0.05, 0) is 64.8 Å². The highest BCUT2D eigenvalue weighted by Gasteiger charge is 2.30. The van der Waals surface area contributed by atoms with Gasteiger partial charge in [0.1, 0.15) is 0 Å². The van der Waals surface area contributed by atoms with Crippen molar-refractivity contribution in [3.63, 3.8) is 0 Å². The number of likely N-dealkylation sites (N-methyl/N-ethyl adjacent to an activating group) is 1. The lowest BCUT2D eigenvalue weighted by molar-refractivity contribution is -0.936. The highest BCUT2D eigenvalue weighted by atomic mass is 15.4. The molecule has 0 aliphatic carbocycles. The Morgan fingerprint density at radius 3 is 1.66 bits per heavy atom. The molecule has 0 aromatic rings. The van der Waals surface area contributed by atoms with Crippen molar-refractivity contribution in [2.24, 2.45) is 10.8 Å². The number of unbranched alkanes of at least 4 members (excludes halogenated alkanes) is 3. The maximum absolute atomic E-state index is 2.78. The molecule has 0 radical (unpaired) electrons. The van der Waals surface area contributed by atoms with Crippen molar-refractivity contribution in [3.05, 3.63) is 0 Å². The van der Waals surface area contributed by atoms with Gasteiger partial charge in [-0.25, -0.2) is 0 Å². The average molecular weight is 500 g/mol.